The van der Waals surface area contributed by atoms with Crippen LogP contribution < -0.4 is 10.9 Å². The Morgan fingerprint density at radius 3 is 2.62 bits per heavy atom. The number of amides is 1. The fraction of sp³-hybridized carbons (Fsp3) is 0.478. The van der Waals surface area contributed by atoms with Crippen LogP contribution in [0.1, 0.15) is 50.4 Å². The van der Waals surface area contributed by atoms with Gasteiger partial charge in [0.05, 0.1) is 5.56 Å². The van der Waals surface area contributed by atoms with Gasteiger partial charge in [0.1, 0.15) is 0 Å². The van der Waals surface area contributed by atoms with Crippen molar-refractivity contribution in [2.75, 3.05) is 26.2 Å². The number of carbonyl (C=O) groups excluding carboxylic acids is 1. The van der Waals surface area contributed by atoms with Gasteiger partial charge in [-0.15, -0.1) is 0 Å². The van der Waals surface area contributed by atoms with Crippen LogP contribution in [0.25, 0.3) is 0 Å². The van der Waals surface area contributed by atoms with Crippen LogP contribution in [0.15, 0.2) is 58.5 Å². The van der Waals surface area contributed by atoms with Gasteiger partial charge in [0.25, 0.3) is 5.91 Å². The average Bonchev–Trinajstić information content (AvgIpc) is 2.75. The molecule has 2 rings (SSSR count). The summed E-state index contributed by atoms with van der Waals surface area (Å²) >= 11 is 5.62. The van der Waals surface area contributed by atoms with Crippen molar-refractivity contribution in [1.29, 1.82) is 0 Å². The van der Waals surface area contributed by atoms with Crippen LogP contribution in [0.2, 0.25) is 0 Å². The van der Waals surface area contributed by atoms with Gasteiger partial charge in [0, 0.05) is 30.9 Å². The Hall–Kier alpha value is -2.11. The van der Waals surface area contributed by atoms with Gasteiger partial charge >= 0.3 is 0 Å². The number of allylic oxidation sites excluding steroid dienone is 5. The van der Waals surface area contributed by atoms with E-state index in [1.165, 1.54) is 29.4 Å². The average molecular weight is 420 g/mol. The van der Waals surface area contributed by atoms with Crippen LogP contribution in [0.5, 0.6) is 0 Å². The van der Waals surface area contributed by atoms with Crippen LogP contribution in [0.4, 0.5) is 0 Å². The lowest BCUT2D eigenvalue weighted by Gasteiger charge is -2.32. The van der Waals surface area contributed by atoms with Gasteiger partial charge in [-0.05, 0) is 56.8 Å². The van der Waals surface area contributed by atoms with E-state index in [-0.39, 0.29) is 11.5 Å². The molecule has 6 heteroatoms. The first-order chi connectivity index (χ1) is 14.1. The summed E-state index contributed by atoms with van der Waals surface area (Å²) < 4.78 is 0. The topological polar surface area (TPSA) is 65.2 Å². The summed E-state index contributed by atoms with van der Waals surface area (Å²) in [7, 11) is 0. The molecule has 160 valence electrons. The first-order valence-electron chi connectivity index (χ1n) is 10.4. The standard InChI is InChI=1S/C21H28ClN3O2.C2H6/c1-2-4-17(5-3-10-22)15-18-8-12-25(13-9-18)14-11-23-21(27)19-6-7-20(26)24-16-19;1-2/h2-7,10,16,18H,8-9,11-15H2,1H3,(H,23,27)(H,24,26);1-2H3/b4-2-,10-3+,17-5+;. The molecule has 2 N–H and O–H groups in total. The van der Waals surface area contributed by atoms with Gasteiger partial charge in [-0.3, -0.25) is 9.59 Å². The highest BCUT2D eigenvalue weighted by Crippen LogP contribution is 2.24. The Kier molecular flexibility index (Phi) is 12.7. The molecule has 29 heavy (non-hydrogen) atoms. The fourth-order valence-electron chi connectivity index (χ4n) is 3.29. The maximum absolute atomic E-state index is 12.0. The third kappa shape index (κ3) is 9.77. The van der Waals surface area contributed by atoms with E-state index in [4.69, 9.17) is 11.6 Å². The molecule has 0 atom stereocenters. The Labute approximate surface area is 179 Å². The molecule has 1 aromatic heterocycles. The molecule has 0 aromatic carbocycles. The molecule has 1 saturated heterocycles. The zero-order valence-electron chi connectivity index (χ0n) is 17.8. The molecule has 1 fully saturated rings. The number of hydrogen-bond acceptors (Lipinski definition) is 3. The zero-order valence-corrected chi connectivity index (χ0v) is 18.5. The summed E-state index contributed by atoms with van der Waals surface area (Å²) in [6.45, 7) is 9.57. The number of rotatable bonds is 8. The first kappa shape index (κ1) is 24.9. The molecule has 0 saturated carbocycles. The van der Waals surface area contributed by atoms with Crippen molar-refractivity contribution in [3.05, 3.63) is 69.7 Å². The van der Waals surface area contributed by atoms with Gasteiger partial charge in [0.15, 0.2) is 0 Å². The van der Waals surface area contributed by atoms with Crippen molar-refractivity contribution in [3.8, 4) is 0 Å². The van der Waals surface area contributed by atoms with Gasteiger partial charge in [0.2, 0.25) is 5.56 Å². The molecule has 1 aliphatic heterocycles. The Morgan fingerprint density at radius 1 is 1.31 bits per heavy atom. The molecule has 0 radical (unpaired) electrons. The molecular weight excluding hydrogens is 386 g/mol. The number of nitrogens with one attached hydrogen (secondary N) is 2. The van der Waals surface area contributed by atoms with Crippen LogP contribution >= 0.6 is 11.6 Å². The number of carbonyl (C=O) groups is 1. The zero-order chi connectivity index (χ0) is 21.5. The van der Waals surface area contributed by atoms with E-state index in [0.717, 1.165) is 38.9 Å². The number of nitrogens with zero attached hydrogens (tertiary/aromatic N) is 1. The molecule has 0 spiro atoms. The summed E-state index contributed by atoms with van der Waals surface area (Å²) in [6.07, 6.45) is 13.0. The van der Waals surface area contributed by atoms with Crippen LogP contribution in [0.3, 0.4) is 0 Å². The molecule has 0 aliphatic carbocycles. The van der Waals surface area contributed by atoms with Crippen LogP contribution in [0, 0.1) is 5.92 Å². The maximum atomic E-state index is 12.0. The van der Waals surface area contributed by atoms with E-state index in [9.17, 15) is 9.59 Å². The lowest BCUT2D eigenvalue weighted by molar-refractivity contribution is 0.0943. The van der Waals surface area contributed by atoms with Gasteiger partial charge < -0.3 is 15.2 Å². The second-order valence-corrected chi connectivity index (χ2v) is 7.00. The number of aromatic amines is 1. The number of hydrogen-bond donors (Lipinski definition) is 2. The summed E-state index contributed by atoms with van der Waals surface area (Å²) in [5.41, 5.74) is 3.11. The van der Waals surface area contributed by atoms with E-state index in [1.807, 2.05) is 26.8 Å². The smallest absolute Gasteiger partial charge is 0.252 e. The molecule has 2 heterocycles. The second kappa shape index (κ2) is 14.8. The highest BCUT2D eigenvalue weighted by Gasteiger charge is 2.19. The molecule has 0 bridgehead atoms. The second-order valence-electron chi connectivity index (χ2n) is 6.75. The maximum Gasteiger partial charge on any atom is 0.252 e. The highest BCUT2D eigenvalue weighted by molar-refractivity contribution is 6.25. The number of likely N-dealkylation sites (tertiary alicyclic amines) is 1. The van der Waals surface area contributed by atoms with Crippen molar-refractivity contribution in [3.63, 3.8) is 0 Å². The van der Waals surface area contributed by atoms with Gasteiger partial charge in [-0.25, -0.2) is 0 Å². The summed E-state index contributed by atoms with van der Waals surface area (Å²) in [5, 5.41) is 2.91. The van der Waals surface area contributed by atoms with Crippen molar-refractivity contribution in [2.24, 2.45) is 5.92 Å². The van der Waals surface area contributed by atoms with Crippen molar-refractivity contribution >= 4 is 17.5 Å². The summed E-state index contributed by atoms with van der Waals surface area (Å²) in [5.74, 6) is 0.526. The van der Waals surface area contributed by atoms with Crippen molar-refractivity contribution in [2.45, 2.75) is 40.0 Å². The highest BCUT2D eigenvalue weighted by atomic mass is 35.5. The van der Waals surface area contributed by atoms with Crippen molar-refractivity contribution in [1.82, 2.24) is 15.2 Å². The molecule has 1 aliphatic rings. The number of pyridine rings is 1. The minimum atomic E-state index is -0.208. The molecular formula is C23H34ClN3O2. The quantitative estimate of drug-likeness (QED) is 0.610. The number of piperidine rings is 1. The van der Waals surface area contributed by atoms with E-state index in [0.29, 0.717) is 18.0 Å². The minimum absolute atomic E-state index is 0.158. The summed E-state index contributed by atoms with van der Waals surface area (Å²) in [6, 6.07) is 2.90. The fourth-order valence-corrected chi connectivity index (χ4v) is 3.37. The predicted octanol–water partition coefficient (Wildman–Crippen LogP) is 4.49. The summed E-state index contributed by atoms with van der Waals surface area (Å²) in [4.78, 5) is 28.0. The molecule has 1 amide bonds. The van der Waals surface area contributed by atoms with Gasteiger partial charge in [-0.2, -0.15) is 0 Å². The number of aromatic nitrogens is 1. The first-order valence-corrected chi connectivity index (χ1v) is 10.8. The van der Waals surface area contributed by atoms with Crippen LogP contribution in [-0.4, -0.2) is 42.0 Å². The molecule has 5 nitrogen and oxygen atoms in total. The Bertz CT molecular complexity index is 724. The van der Waals surface area contributed by atoms with Crippen LogP contribution in [-0.2, 0) is 0 Å². The lowest BCUT2D eigenvalue weighted by Crippen LogP contribution is -2.39. The lowest BCUT2D eigenvalue weighted by atomic mass is 9.89. The van der Waals surface area contributed by atoms with E-state index in [2.05, 4.69) is 33.4 Å². The van der Waals surface area contributed by atoms with Crippen molar-refractivity contribution < 1.29 is 4.79 Å². The van der Waals surface area contributed by atoms with Gasteiger partial charge in [-0.1, -0.05) is 49.8 Å². The molecule has 1 aromatic rings. The van der Waals surface area contributed by atoms with E-state index < -0.39 is 0 Å². The largest absolute Gasteiger partial charge is 0.351 e. The van der Waals surface area contributed by atoms with E-state index in [1.54, 1.807) is 0 Å². The minimum Gasteiger partial charge on any atom is -0.351 e. The SMILES string of the molecule is CC.C\C=C/C(=C\C=C\Cl)CC1CCN(CCNC(=O)c2ccc(=O)[nH]c2)CC1. The number of H-pyrrole nitrogens is 1. The Balaban J connectivity index is 0.00000204. The molecule has 0 unspecified atom stereocenters. The van der Waals surface area contributed by atoms with E-state index >= 15 is 0 Å². The normalized spacial score (nSPS) is 16.1. The predicted molar refractivity (Wildman–Crippen MR) is 122 cm³/mol. The monoisotopic (exact) mass is 419 g/mol. The Morgan fingerprint density at radius 2 is 2.03 bits per heavy atom. The third-order valence-corrected chi connectivity index (χ3v) is 4.90. The third-order valence-electron chi connectivity index (χ3n) is 4.76. The number of halogens is 1.